The van der Waals surface area contributed by atoms with E-state index in [1.807, 2.05) is 30.3 Å². The molecule has 0 bridgehead atoms. The summed E-state index contributed by atoms with van der Waals surface area (Å²) in [5.41, 5.74) is -0.786. The van der Waals surface area contributed by atoms with Crippen LogP contribution in [0.1, 0.15) is 79.2 Å². The van der Waals surface area contributed by atoms with E-state index in [9.17, 15) is 34.2 Å². The zero-order valence-corrected chi connectivity index (χ0v) is 37.2. The lowest BCUT2D eigenvalue weighted by molar-refractivity contribution is -0.344. The second-order valence-electron chi connectivity index (χ2n) is 17.5. The third-order valence-electron chi connectivity index (χ3n) is 12.0. The zero-order chi connectivity index (χ0) is 45.5. The molecule has 62 heavy (non-hydrogen) atoms. The molecule has 4 aliphatic rings. The number of likely N-dealkylation sites (N-methyl/N-ethyl adjacent to an activating group) is 1. The van der Waals surface area contributed by atoms with Crippen molar-refractivity contribution in [3.05, 3.63) is 48.0 Å². The van der Waals surface area contributed by atoms with Crippen LogP contribution in [0.15, 0.2) is 42.5 Å². The number of ether oxygens (including phenoxy) is 9. The molecule has 3 saturated heterocycles. The van der Waals surface area contributed by atoms with Crippen molar-refractivity contribution in [3.8, 4) is 0 Å². The van der Waals surface area contributed by atoms with Crippen LogP contribution in [-0.2, 0) is 73.0 Å². The average molecular weight is 876 g/mol. The van der Waals surface area contributed by atoms with Gasteiger partial charge in [-0.05, 0) is 71.8 Å². The quantitative estimate of drug-likeness (QED) is 0.134. The summed E-state index contributed by atoms with van der Waals surface area (Å²) in [6.07, 6.45) is -8.41. The van der Waals surface area contributed by atoms with Crippen molar-refractivity contribution >= 4 is 30.0 Å². The molecule has 1 aromatic rings. The van der Waals surface area contributed by atoms with Gasteiger partial charge in [0, 0.05) is 39.2 Å². The van der Waals surface area contributed by atoms with E-state index in [4.69, 9.17) is 42.6 Å². The van der Waals surface area contributed by atoms with E-state index in [1.165, 1.54) is 20.1 Å². The Balaban J connectivity index is 1.38. The van der Waals surface area contributed by atoms with Crippen LogP contribution < -0.4 is 0 Å². The number of allylic oxidation sites excluding steroid dienone is 1. The Bertz CT molecular complexity index is 1710. The summed E-state index contributed by atoms with van der Waals surface area (Å²) in [5.74, 6) is -3.52. The van der Waals surface area contributed by atoms with Crippen molar-refractivity contribution < 1.29 is 76.8 Å². The number of hydrogen-bond donors (Lipinski definition) is 2. The number of aliphatic hydroxyl groups is 2. The average Bonchev–Trinajstić information content (AvgIpc) is 3.93. The highest BCUT2D eigenvalue weighted by Crippen LogP contribution is 2.38. The third kappa shape index (κ3) is 13.0. The molecule has 0 radical (unpaired) electrons. The topological polar surface area (TPSA) is 215 Å². The zero-order valence-electron chi connectivity index (χ0n) is 37.2. The highest BCUT2D eigenvalue weighted by Gasteiger charge is 2.53. The van der Waals surface area contributed by atoms with Crippen LogP contribution in [0.5, 0.6) is 0 Å². The maximum atomic E-state index is 13.4. The Morgan fingerprint density at radius 1 is 0.952 bits per heavy atom. The molecular weight excluding hydrogens is 810 g/mol. The first-order valence-electron chi connectivity index (χ1n) is 21.4. The lowest BCUT2D eigenvalue weighted by Gasteiger charge is -2.50. The van der Waals surface area contributed by atoms with Crippen molar-refractivity contribution in [2.45, 2.75) is 171 Å². The predicted molar refractivity (Wildman–Crippen MR) is 219 cm³/mol. The Morgan fingerprint density at radius 3 is 2.29 bits per heavy atom. The van der Waals surface area contributed by atoms with Gasteiger partial charge in [-0.15, -0.1) is 0 Å². The summed E-state index contributed by atoms with van der Waals surface area (Å²) in [7, 11) is 4.81. The van der Waals surface area contributed by atoms with Crippen LogP contribution in [0.4, 0.5) is 0 Å². The number of hydrogen-bond acceptors (Lipinski definition) is 17. The van der Waals surface area contributed by atoms with Gasteiger partial charge in [0.2, 0.25) is 0 Å². The molecule has 0 amide bonds. The van der Waals surface area contributed by atoms with Gasteiger partial charge in [0.15, 0.2) is 24.5 Å². The molecule has 0 spiro atoms. The standard InChI is InChI=1S/C45H65NO16/c1-24-19-30(17-18-47)41(42(54-9)34(58-28(5)48)22-36(51)55-25(2)20-33-32(59-33)16-15-31(24)49)62-44-39(52)38(46(7)8)40(26(3)57-44)61-37-23-45(6,53)43(27(4)56-37)60-35(50)21-29-13-11-10-12-14-29/h10-16,18,24-27,30,32-34,37-44,52-53H,17,19-23H2,1-9H3/b16-15+. The van der Waals surface area contributed by atoms with E-state index in [0.29, 0.717) is 12.7 Å². The number of aldehydes is 1. The van der Waals surface area contributed by atoms with Crippen LogP contribution in [-0.4, -0.2) is 158 Å². The minimum Gasteiger partial charge on any atom is -0.462 e. The van der Waals surface area contributed by atoms with E-state index in [2.05, 4.69) is 0 Å². The maximum Gasteiger partial charge on any atom is 0.310 e. The number of carbonyl (C=O) groups excluding carboxylic acids is 5. The van der Waals surface area contributed by atoms with E-state index in [1.54, 1.807) is 59.7 Å². The van der Waals surface area contributed by atoms with Crippen molar-refractivity contribution in [1.82, 2.24) is 4.90 Å². The van der Waals surface area contributed by atoms with Crippen LogP contribution in [0.2, 0.25) is 0 Å². The van der Waals surface area contributed by atoms with Gasteiger partial charge in [0.25, 0.3) is 0 Å². The Morgan fingerprint density at radius 2 is 1.66 bits per heavy atom. The van der Waals surface area contributed by atoms with Gasteiger partial charge < -0.3 is 62.5 Å². The number of ketones is 1. The summed E-state index contributed by atoms with van der Waals surface area (Å²) >= 11 is 0. The van der Waals surface area contributed by atoms with E-state index >= 15 is 0 Å². The third-order valence-corrected chi connectivity index (χ3v) is 12.0. The molecule has 346 valence electrons. The molecule has 3 fully saturated rings. The second-order valence-corrected chi connectivity index (χ2v) is 17.5. The molecule has 0 saturated carbocycles. The number of aliphatic hydroxyl groups excluding tert-OH is 1. The first kappa shape index (κ1) is 49.4. The number of rotatable bonds is 12. The Kier molecular flexibility index (Phi) is 17.4. The first-order chi connectivity index (χ1) is 29.3. The number of esters is 3. The number of epoxide rings is 1. The summed E-state index contributed by atoms with van der Waals surface area (Å²) in [6.45, 7) is 9.56. The molecule has 2 N–H and O–H groups in total. The normalized spacial score (nSPS) is 40.1. The largest absolute Gasteiger partial charge is 0.462 e. The summed E-state index contributed by atoms with van der Waals surface area (Å²) in [5, 5.41) is 23.7. The summed E-state index contributed by atoms with van der Waals surface area (Å²) < 4.78 is 54.5. The smallest absolute Gasteiger partial charge is 0.310 e. The molecule has 17 nitrogen and oxygen atoms in total. The molecule has 17 unspecified atom stereocenters. The van der Waals surface area contributed by atoms with Crippen molar-refractivity contribution in [2.75, 3.05) is 21.2 Å². The number of cyclic esters (lactones) is 1. The fraction of sp³-hybridized carbons (Fsp3) is 0.711. The van der Waals surface area contributed by atoms with Crippen LogP contribution in [0.25, 0.3) is 0 Å². The van der Waals surface area contributed by atoms with Crippen LogP contribution >= 0.6 is 0 Å². The van der Waals surface area contributed by atoms with Crippen molar-refractivity contribution in [1.29, 1.82) is 0 Å². The lowest BCUT2D eigenvalue weighted by Crippen LogP contribution is -2.66. The number of methoxy groups -OCH3 is 1. The van der Waals surface area contributed by atoms with Crippen molar-refractivity contribution in [3.63, 3.8) is 0 Å². The first-order valence-corrected chi connectivity index (χ1v) is 21.4. The minimum absolute atomic E-state index is 0.0196. The molecule has 5 rings (SSSR count). The van der Waals surface area contributed by atoms with Gasteiger partial charge in [-0.3, -0.25) is 19.2 Å². The van der Waals surface area contributed by atoms with Gasteiger partial charge in [0.05, 0.1) is 43.3 Å². The Labute approximate surface area is 363 Å². The minimum atomic E-state index is -1.55. The highest BCUT2D eigenvalue weighted by atomic mass is 16.7. The molecule has 17 atom stereocenters. The van der Waals surface area contributed by atoms with Gasteiger partial charge in [-0.25, -0.2) is 0 Å². The monoisotopic (exact) mass is 875 g/mol. The summed E-state index contributed by atoms with van der Waals surface area (Å²) in [6, 6.07) is 8.30. The highest BCUT2D eigenvalue weighted by molar-refractivity contribution is 5.91. The molecule has 0 aliphatic carbocycles. The SMILES string of the molecule is COC1C(OC(C)=O)CC(=O)OC(C)CC2OC2/C=C/C(=O)C(C)CC(CC=O)C1OC1OC(C)C(OC2CC(C)(O)C(OC(=O)Cc3ccccc3)C(C)O2)C(N(C)C)C1O. The second kappa shape index (κ2) is 21.8. The molecule has 17 heteroatoms. The molecule has 0 aromatic heterocycles. The summed E-state index contributed by atoms with van der Waals surface area (Å²) in [4.78, 5) is 66.3. The van der Waals surface area contributed by atoms with Crippen LogP contribution in [0, 0.1) is 11.8 Å². The lowest BCUT2D eigenvalue weighted by atomic mass is 9.83. The van der Waals surface area contributed by atoms with E-state index in [-0.39, 0.29) is 43.7 Å². The number of nitrogens with zero attached hydrogens (tertiary/aromatic N) is 1. The molecule has 4 heterocycles. The predicted octanol–water partition coefficient (Wildman–Crippen LogP) is 2.63. The van der Waals surface area contributed by atoms with E-state index < -0.39 is 115 Å². The number of carbonyl (C=O) groups is 5. The van der Waals surface area contributed by atoms with Crippen LogP contribution in [0.3, 0.4) is 0 Å². The fourth-order valence-corrected chi connectivity index (χ4v) is 8.93. The molecule has 4 aliphatic heterocycles. The number of fused-ring (bicyclic) bond motifs is 1. The molecule has 1 aromatic carbocycles. The van der Waals surface area contributed by atoms with E-state index in [0.717, 1.165) is 5.56 Å². The molecular formula is C45H65NO16. The van der Waals surface area contributed by atoms with Gasteiger partial charge in [-0.1, -0.05) is 37.3 Å². The van der Waals surface area contributed by atoms with Gasteiger partial charge >= 0.3 is 17.9 Å². The van der Waals surface area contributed by atoms with Crippen molar-refractivity contribution in [2.24, 2.45) is 11.8 Å². The Hall–Kier alpha value is -3.65. The number of benzene rings is 1. The van der Waals surface area contributed by atoms with Gasteiger partial charge in [0.1, 0.15) is 48.5 Å². The maximum absolute atomic E-state index is 13.4. The fourth-order valence-electron chi connectivity index (χ4n) is 8.93. The van der Waals surface area contributed by atoms with Gasteiger partial charge in [-0.2, -0.15) is 0 Å².